The van der Waals surface area contributed by atoms with E-state index in [4.69, 9.17) is 14.2 Å². The molecule has 0 saturated heterocycles. The van der Waals surface area contributed by atoms with Crippen LogP contribution in [0.1, 0.15) is 71.0 Å². The van der Waals surface area contributed by atoms with E-state index in [0.29, 0.717) is 0 Å². The van der Waals surface area contributed by atoms with Crippen molar-refractivity contribution in [3.63, 3.8) is 0 Å². The number of hydrogen-bond acceptors (Lipinski definition) is 4. The minimum atomic E-state index is -2.83. The molecule has 0 amide bonds. The topological polar surface area (TPSA) is 47.9 Å². The van der Waals surface area contributed by atoms with Crippen molar-refractivity contribution < 1.29 is 19.3 Å². The van der Waals surface area contributed by atoms with Gasteiger partial charge in [-0.2, -0.15) is 0 Å². The Morgan fingerprint density at radius 2 is 1.45 bits per heavy atom. The molecule has 5 heteroatoms. The van der Waals surface area contributed by atoms with Gasteiger partial charge in [-0.25, -0.2) is 0 Å². The molecule has 0 bridgehead atoms. The van der Waals surface area contributed by atoms with Crippen LogP contribution in [0.2, 0.25) is 13.3 Å². The molecular weight excluding hydrogens is 495 g/mol. The van der Waals surface area contributed by atoms with Crippen molar-refractivity contribution in [2.75, 3.05) is 21.0 Å². The van der Waals surface area contributed by atoms with Gasteiger partial charge in [-0.1, -0.05) is 0 Å². The predicted octanol–water partition coefficient (Wildman–Crippen LogP) is 6.67. The van der Waals surface area contributed by atoms with E-state index in [9.17, 15) is 5.11 Å². The van der Waals surface area contributed by atoms with Gasteiger partial charge in [0.25, 0.3) is 0 Å². The Kier molecular flexibility index (Phi) is 15.0. The average molecular weight is 541 g/mol. The van der Waals surface area contributed by atoms with E-state index >= 15 is 0 Å². The molecule has 0 aliphatic rings. The Morgan fingerprint density at radius 3 is 1.87 bits per heavy atom. The standard InChI is InChI=1S/C14H19O4.3C4H9.Sn/c1-4-12(18-10-16-2)13(15)14(17-3)11-8-6-5-7-9-11;3*1-3-4-2;/h5-9,12-15H,1,10H2,2-3H3;3*1,3-4H2,2H3;/t12-,13-,14-;;;;/m0..../s1. The van der Waals surface area contributed by atoms with Crippen LogP contribution in [0, 0.1) is 0 Å². The Hall–Kier alpha value is -0.401. The van der Waals surface area contributed by atoms with E-state index in [1.54, 1.807) is 14.2 Å². The fraction of sp³-hybridized carbons (Fsp3) is 0.692. The van der Waals surface area contributed by atoms with Gasteiger partial charge in [0, 0.05) is 0 Å². The third kappa shape index (κ3) is 8.81. The van der Waals surface area contributed by atoms with Crippen molar-refractivity contribution in [3.8, 4) is 0 Å². The van der Waals surface area contributed by atoms with Crippen molar-refractivity contribution in [2.45, 2.75) is 90.9 Å². The van der Waals surface area contributed by atoms with Crippen molar-refractivity contribution in [3.05, 3.63) is 46.1 Å². The van der Waals surface area contributed by atoms with Crippen LogP contribution in [0.3, 0.4) is 0 Å². The molecule has 0 aliphatic heterocycles. The normalized spacial score (nSPS) is 14.9. The van der Waals surface area contributed by atoms with Crippen molar-refractivity contribution in [2.24, 2.45) is 0 Å². The zero-order valence-corrected chi connectivity index (χ0v) is 23.4. The summed E-state index contributed by atoms with van der Waals surface area (Å²) in [6, 6.07) is 9.91. The molecule has 0 aromatic heterocycles. The number of rotatable bonds is 18. The van der Waals surface area contributed by atoms with Crippen molar-refractivity contribution in [1.82, 2.24) is 0 Å². The summed E-state index contributed by atoms with van der Waals surface area (Å²) in [6.45, 7) is 11.6. The number of aliphatic hydroxyl groups is 1. The van der Waals surface area contributed by atoms with Gasteiger partial charge >= 0.3 is 196 Å². The van der Waals surface area contributed by atoms with Gasteiger partial charge in [-0.15, -0.1) is 0 Å². The minimum absolute atomic E-state index is 0.142. The summed E-state index contributed by atoms with van der Waals surface area (Å²) >= 11 is -2.83. The maximum atomic E-state index is 11.5. The van der Waals surface area contributed by atoms with Crippen LogP contribution in [-0.2, 0) is 14.2 Å². The van der Waals surface area contributed by atoms with Crippen LogP contribution in [0.4, 0.5) is 0 Å². The quantitative estimate of drug-likeness (QED) is 0.167. The summed E-state index contributed by atoms with van der Waals surface area (Å²) in [5, 5.41) is 11.5. The Labute approximate surface area is 195 Å². The Balaban J connectivity index is 3.32. The number of methoxy groups -OCH3 is 2. The van der Waals surface area contributed by atoms with E-state index in [1.807, 2.05) is 30.3 Å². The van der Waals surface area contributed by atoms with Gasteiger partial charge in [0.2, 0.25) is 0 Å². The summed E-state index contributed by atoms with van der Waals surface area (Å²) in [5.41, 5.74) is 0.952. The van der Waals surface area contributed by atoms with Gasteiger partial charge in [-0.3, -0.25) is 0 Å². The molecule has 178 valence electrons. The van der Waals surface area contributed by atoms with Gasteiger partial charge in [0.15, 0.2) is 0 Å². The van der Waals surface area contributed by atoms with Crippen molar-refractivity contribution in [1.29, 1.82) is 0 Å². The first-order valence-electron chi connectivity index (χ1n) is 12.1. The van der Waals surface area contributed by atoms with Crippen LogP contribution in [0.15, 0.2) is 40.5 Å². The monoisotopic (exact) mass is 542 g/mol. The molecule has 1 N–H and O–H groups in total. The summed E-state index contributed by atoms with van der Waals surface area (Å²) in [6.07, 6.45) is 5.55. The average Bonchev–Trinajstić information content (AvgIpc) is 2.80. The first-order chi connectivity index (χ1) is 15.0. The zero-order valence-electron chi connectivity index (χ0n) is 20.6. The summed E-state index contributed by atoms with van der Waals surface area (Å²) in [5.74, 6) is 0. The van der Waals surface area contributed by atoms with Crippen LogP contribution < -0.4 is 0 Å². The van der Waals surface area contributed by atoms with Gasteiger partial charge in [0.1, 0.15) is 0 Å². The van der Waals surface area contributed by atoms with Gasteiger partial charge < -0.3 is 0 Å². The fourth-order valence-electron chi connectivity index (χ4n) is 4.52. The van der Waals surface area contributed by atoms with Gasteiger partial charge in [-0.05, 0) is 0 Å². The molecule has 0 radical (unpaired) electrons. The number of ether oxygens (including phenoxy) is 3. The van der Waals surface area contributed by atoms with Crippen molar-refractivity contribution >= 4 is 18.4 Å². The zero-order chi connectivity index (χ0) is 23.1. The predicted molar refractivity (Wildman–Crippen MR) is 133 cm³/mol. The molecule has 0 saturated carbocycles. The summed E-state index contributed by atoms with van der Waals surface area (Å²) < 4.78 is 22.3. The molecule has 0 unspecified atom stereocenters. The summed E-state index contributed by atoms with van der Waals surface area (Å²) in [4.78, 5) is 0. The fourth-order valence-corrected chi connectivity index (χ4v) is 20.7. The number of aliphatic hydroxyl groups excluding tert-OH is 1. The van der Waals surface area contributed by atoms with E-state index in [0.717, 1.165) is 5.56 Å². The van der Waals surface area contributed by atoms with E-state index in [1.165, 1.54) is 55.4 Å². The Bertz CT molecular complexity index is 571. The third-order valence-electron chi connectivity index (χ3n) is 6.42. The molecule has 4 nitrogen and oxygen atoms in total. The molecule has 0 spiro atoms. The first-order valence-corrected chi connectivity index (χ1v) is 19.5. The second kappa shape index (κ2) is 16.2. The first kappa shape index (κ1) is 28.6. The van der Waals surface area contributed by atoms with Crippen LogP contribution in [0.25, 0.3) is 0 Å². The van der Waals surface area contributed by atoms with Gasteiger partial charge in [0.05, 0.1) is 0 Å². The molecule has 1 aromatic rings. The third-order valence-corrected chi connectivity index (χ3v) is 22.3. The van der Waals surface area contributed by atoms with Crippen LogP contribution >= 0.6 is 0 Å². The maximum absolute atomic E-state index is 11.5. The molecule has 0 aliphatic carbocycles. The Morgan fingerprint density at radius 1 is 0.935 bits per heavy atom. The van der Waals surface area contributed by atoms with E-state index in [-0.39, 0.29) is 6.79 Å². The van der Waals surface area contributed by atoms with Crippen LogP contribution in [0.5, 0.6) is 0 Å². The molecule has 0 heterocycles. The summed E-state index contributed by atoms with van der Waals surface area (Å²) in [7, 11) is 3.28. The molecule has 1 rings (SSSR count). The second-order valence-electron chi connectivity index (χ2n) is 8.67. The number of benzene rings is 1. The molecule has 3 atom stereocenters. The second-order valence-corrected chi connectivity index (χ2v) is 22.1. The molecule has 31 heavy (non-hydrogen) atoms. The molecule has 1 aromatic carbocycles. The number of unbranched alkanes of at least 4 members (excludes halogenated alkanes) is 3. The molecule has 0 fully saturated rings. The van der Waals surface area contributed by atoms with E-state index in [2.05, 4.69) is 27.4 Å². The van der Waals surface area contributed by atoms with Crippen LogP contribution in [-0.4, -0.2) is 56.7 Å². The SMILES string of the molecule is C=[C]([C@H](OCOC)[C@H](O)[C@@H](OC)c1ccccc1)[Sn]([CH2]CCC)([CH2]CCC)[CH2]CCC. The molecular formula is C26H46O4Sn. The van der Waals surface area contributed by atoms with E-state index < -0.39 is 36.7 Å². The number of hydrogen-bond donors (Lipinski definition) is 1.